The molecule has 0 bridgehead atoms. The van der Waals surface area contributed by atoms with E-state index in [1.54, 1.807) is 0 Å². The van der Waals surface area contributed by atoms with E-state index >= 15 is 0 Å². The number of carbonyl (C=O) groups excluding carboxylic acids is 2. The maximum Gasteiger partial charge on any atom is 0.362 e. The van der Waals surface area contributed by atoms with Gasteiger partial charge in [-0.1, -0.05) is 180 Å². The molecular formula is C58H94NO7+. The van der Waals surface area contributed by atoms with E-state index in [1.165, 1.54) is 38.5 Å². The minimum absolute atomic E-state index is 0.0324. The maximum absolute atomic E-state index is 12.8. The zero-order valence-electron chi connectivity index (χ0n) is 42.3. The van der Waals surface area contributed by atoms with Gasteiger partial charge < -0.3 is 23.8 Å². The highest BCUT2D eigenvalue weighted by molar-refractivity contribution is 5.72. The van der Waals surface area contributed by atoms with E-state index in [0.717, 1.165) is 96.3 Å². The first-order chi connectivity index (χ1) is 32.1. The van der Waals surface area contributed by atoms with Gasteiger partial charge in [-0.2, -0.15) is 0 Å². The Kier molecular flexibility index (Phi) is 44.2. The zero-order chi connectivity index (χ0) is 48.4. The van der Waals surface area contributed by atoms with E-state index in [4.69, 9.17) is 14.2 Å². The first-order valence-corrected chi connectivity index (χ1v) is 25.6. The van der Waals surface area contributed by atoms with Crippen LogP contribution in [0.1, 0.15) is 174 Å². The lowest BCUT2D eigenvalue weighted by Crippen LogP contribution is -2.50. The maximum atomic E-state index is 12.8. The summed E-state index contributed by atoms with van der Waals surface area (Å²) in [6.45, 7) is 4.43. The SMILES string of the molecule is CC/C=C/C/C=C/C/C=C/C/C=C/C/C=C/C/C=C/C/C=C/CCCC(=O)OCC(COCCC(C(=O)O)[N+](C)(C)C)OC(=O)CCCCCCCCCCC/C=C/C/C=C/C/C=C/CC. The number of aliphatic carboxylic acids is 1. The van der Waals surface area contributed by atoms with Crippen LogP contribution >= 0.6 is 0 Å². The Labute approximate surface area is 403 Å². The molecule has 0 saturated heterocycles. The smallest absolute Gasteiger partial charge is 0.362 e. The summed E-state index contributed by atoms with van der Waals surface area (Å²) < 4.78 is 17.3. The van der Waals surface area contributed by atoms with Gasteiger partial charge in [0.25, 0.3) is 0 Å². The molecule has 372 valence electrons. The van der Waals surface area contributed by atoms with Crippen LogP contribution in [0.5, 0.6) is 0 Å². The van der Waals surface area contributed by atoms with Crippen molar-refractivity contribution >= 4 is 17.9 Å². The summed E-state index contributed by atoms with van der Waals surface area (Å²) in [4.78, 5) is 37.2. The molecule has 0 aliphatic rings. The van der Waals surface area contributed by atoms with Crippen LogP contribution in [-0.2, 0) is 28.6 Å². The predicted molar refractivity (Wildman–Crippen MR) is 279 cm³/mol. The summed E-state index contributed by atoms with van der Waals surface area (Å²) in [6.07, 6.45) is 66.8. The second-order valence-corrected chi connectivity index (χ2v) is 17.7. The molecule has 66 heavy (non-hydrogen) atoms. The van der Waals surface area contributed by atoms with Crippen molar-refractivity contribution in [1.29, 1.82) is 0 Å². The van der Waals surface area contributed by atoms with Crippen LogP contribution in [0.3, 0.4) is 0 Å². The molecule has 8 nitrogen and oxygen atoms in total. The number of esters is 2. The number of ether oxygens (including phenoxy) is 3. The first-order valence-electron chi connectivity index (χ1n) is 25.6. The fraction of sp³-hybridized carbons (Fsp3) is 0.603. The van der Waals surface area contributed by atoms with Crippen molar-refractivity contribution in [2.75, 3.05) is 41.0 Å². The van der Waals surface area contributed by atoms with Crippen LogP contribution < -0.4 is 0 Å². The molecule has 0 spiro atoms. The monoisotopic (exact) mass is 917 g/mol. The third-order valence-corrected chi connectivity index (χ3v) is 10.6. The van der Waals surface area contributed by atoms with E-state index in [-0.39, 0.29) is 42.7 Å². The second-order valence-electron chi connectivity index (χ2n) is 17.7. The van der Waals surface area contributed by atoms with E-state index in [1.807, 2.05) is 21.1 Å². The van der Waals surface area contributed by atoms with Gasteiger partial charge in [0.2, 0.25) is 0 Å². The van der Waals surface area contributed by atoms with Crippen molar-refractivity contribution in [3.05, 3.63) is 122 Å². The van der Waals surface area contributed by atoms with Crippen LogP contribution in [0.4, 0.5) is 0 Å². The van der Waals surface area contributed by atoms with Gasteiger partial charge in [0, 0.05) is 19.3 Å². The summed E-state index contributed by atoms with van der Waals surface area (Å²) >= 11 is 0. The number of allylic oxidation sites excluding steroid dienone is 20. The molecule has 0 aromatic heterocycles. The number of carbonyl (C=O) groups is 3. The summed E-state index contributed by atoms with van der Waals surface area (Å²) in [5.41, 5.74) is 0. The Morgan fingerprint density at radius 2 is 0.818 bits per heavy atom. The van der Waals surface area contributed by atoms with Gasteiger partial charge in [-0.05, 0) is 96.3 Å². The molecular weight excluding hydrogens is 823 g/mol. The molecule has 0 saturated carbocycles. The average Bonchev–Trinajstić information content (AvgIpc) is 3.28. The summed E-state index contributed by atoms with van der Waals surface area (Å²) in [5.74, 6) is -1.56. The van der Waals surface area contributed by atoms with Crippen LogP contribution in [0.2, 0.25) is 0 Å². The highest BCUT2D eigenvalue weighted by Crippen LogP contribution is 2.14. The highest BCUT2D eigenvalue weighted by Gasteiger charge is 2.31. The number of unbranched alkanes of at least 4 members (excludes halogenated alkanes) is 10. The van der Waals surface area contributed by atoms with Gasteiger partial charge >= 0.3 is 17.9 Å². The molecule has 0 aromatic carbocycles. The van der Waals surface area contributed by atoms with E-state index in [9.17, 15) is 19.5 Å². The standard InChI is InChI=1S/C58H93NO7/c1-6-8-10-12-14-16-18-20-22-24-26-27-28-29-31-32-34-36-38-40-42-44-46-48-56(60)65-53-54(52-64-51-50-55(58(62)63)59(3,4)5)66-57(61)49-47-45-43-41-39-37-35-33-30-25-23-21-19-17-15-13-11-9-7-2/h8-11,14-17,20-23,26-27,29,31,34,36,40,42,54-55H,6-7,12-13,18-19,24-25,28,30,32-33,35,37-39,41,43-53H2,1-5H3/p+1/b10-8+,11-9+,16-14+,17-15+,22-20+,23-21+,27-26+,31-29+,36-34+,42-40+. The number of rotatable bonds is 44. The molecule has 0 aliphatic carbocycles. The topological polar surface area (TPSA) is 99.1 Å². The lowest BCUT2D eigenvalue weighted by Gasteiger charge is -2.31. The van der Waals surface area contributed by atoms with Gasteiger partial charge in [0.05, 0.1) is 34.4 Å². The number of carboxylic acid groups (broad SMARTS) is 1. The molecule has 0 fully saturated rings. The Hall–Kier alpha value is -4.27. The molecule has 0 heterocycles. The van der Waals surface area contributed by atoms with Crippen LogP contribution in [-0.4, -0.2) is 80.6 Å². The molecule has 0 radical (unpaired) electrons. The summed E-state index contributed by atoms with van der Waals surface area (Å²) in [7, 11) is 5.50. The fourth-order valence-corrected chi connectivity index (χ4v) is 6.74. The van der Waals surface area contributed by atoms with Crippen molar-refractivity contribution in [2.24, 2.45) is 0 Å². The molecule has 2 unspecified atom stereocenters. The molecule has 0 amide bonds. The van der Waals surface area contributed by atoms with Crippen LogP contribution in [0.25, 0.3) is 0 Å². The largest absolute Gasteiger partial charge is 0.477 e. The van der Waals surface area contributed by atoms with Crippen molar-refractivity contribution < 1.29 is 38.2 Å². The number of carboxylic acids is 1. The van der Waals surface area contributed by atoms with Crippen molar-refractivity contribution in [3.8, 4) is 0 Å². The highest BCUT2D eigenvalue weighted by atomic mass is 16.6. The molecule has 2 atom stereocenters. The molecule has 0 aromatic rings. The van der Waals surface area contributed by atoms with Crippen molar-refractivity contribution in [1.82, 2.24) is 0 Å². The van der Waals surface area contributed by atoms with Gasteiger partial charge in [0.15, 0.2) is 12.1 Å². The molecule has 8 heteroatoms. The fourth-order valence-electron chi connectivity index (χ4n) is 6.74. The number of hydrogen-bond donors (Lipinski definition) is 1. The minimum Gasteiger partial charge on any atom is -0.477 e. The Bertz CT molecular complexity index is 1490. The van der Waals surface area contributed by atoms with Crippen molar-refractivity contribution in [2.45, 2.75) is 187 Å². The Balaban J connectivity index is 4.39. The molecule has 1 N–H and O–H groups in total. The van der Waals surface area contributed by atoms with Gasteiger partial charge in [-0.3, -0.25) is 9.59 Å². The second kappa shape index (κ2) is 47.2. The molecule has 0 aliphatic heterocycles. The lowest BCUT2D eigenvalue weighted by atomic mass is 10.1. The minimum atomic E-state index is -0.888. The number of hydrogen-bond acceptors (Lipinski definition) is 6. The van der Waals surface area contributed by atoms with Gasteiger partial charge in [-0.15, -0.1) is 0 Å². The zero-order valence-corrected chi connectivity index (χ0v) is 42.3. The first kappa shape index (κ1) is 61.7. The summed E-state index contributed by atoms with van der Waals surface area (Å²) in [5, 5.41) is 9.66. The van der Waals surface area contributed by atoms with Crippen molar-refractivity contribution in [3.63, 3.8) is 0 Å². The lowest BCUT2D eigenvalue weighted by molar-refractivity contribution is -0.887. The van der Waals surface area contributed by atoms with E-state index in [0.29, 0.717) is 19.3 Å². The third kappa shape index (κ3) is 44.9. The Morgan fingerprint density at radius 1 is 0.455 bits per heavy atom. The van der Waals surface area contributed by atoms with Gasteiger partial charge in [0.1, 0.15) is 6.61 Å². The van der Waals surface area contributed by atoms with E-state index < -0.39 is 18.1 Å². The normalized spacial score (nSPS) is 13.9. The summed E-state index contributed by atoms with van der Waals surface area (Å²) in [6, 6.07) is -0.633. The van der Waals surface area contributed by atoms with Gasteiger partial charge in [-0.25, -0.2) is 4.79 Å². The van der Waals surface area contributed by atoms with Crippen LogP contribution in [0, 0.1) is 0 Å². The number of likely N-dealkylation sites (N-methyl/N-ethyl adjacent to an activating group) is 1. The van der Waals surface area contributed by atoms with E-state index in [2.05, 4.69) is 135 Å². The quantitative estimate of drug-likeness (QED) is 0.0281. The average molecular weight is 917 g/mol. The third-order valence-electron chi connectivity index (χ3n) is 10.6. The predicted octanol–water partition coefficient (Wildman–Crippen LogP) is 15.0. The van der Waals surface area contributed by atoms with Crippen LogP contribution in [0.15, 0.2) is 122 Å². The number of quaternary nitrogens is 1. The Morgan fingerprint density at radius 3 is 1.23 bits per heavy atom. The molecule has 0 rings (SSSR count). The number of nitrogens with zero attached hydrogens (tertiary/aromatic N) is 1.